The van der Waals surface area contributed by atoms with Gasteiger partial charge in [0.05, 0.1) is 16.1 Å². The van der Waals surface area contributed by atoms with Gasteiger partial charge in [0, 0.05) is 17.7 Å². The molecule has 0 aliphatic heterocycles. The van der Waals surface area contributed by atoms with Crippen molar-refractivity contribution >= 4 is 44.2 Å². The summed E-state index contributed by atoms with van der Waals surface area (Å²) < 4.78 is 26.1. The van der Waals surface area contributed by atoms with Crippen molar-refractivity contribution in [1.29, 1.82) is 0 Å². The Balaban J connectivity index is 2.40. The van der Waals surface area contributed by atoms with E-state index in [9.17, 15) is 18.3 Å². The lowest BCUT2D eigenvalue weighted by Crippen LogP contribution is -2.23. The fourth-order valence-corrected chi connectivity index (χ4v) is 3.33. The van der Waals surface area contributed by atoms with Gasteiger partial charge in [-0.15, -0.1) is 0 Å². The number of phenolic OH excluding ortho intramolecular Hbond substituents is 1. The maximum absolute atomic E-state index is 12.4. The van der Waals surface area contributed by atoms with E-state index in [4.69, 9.17) is 0 Å². The molecule has 0 saturated heterocycles. The molecular formula is C15H15IN2O4S. The second-order valence-corrected chi connectivity index (χ2v) is 8.21. The van der Waals surface area contributed by atoms with Crippen molar-refractivity contribution in [3.8, 4) is 5.75 Å². The molecule has 0 saturated carbocycles. The average Bonchev–Trinajstić information content (AvgIpc) is 2.49. The number of anilines is 1. The molecule has 8 heteroatoms. The van der Waals surface area contributed by atoms with Crippen LogP contribution in [0.15, 0.2) is 47.4 Å². The van der Waals surface area contributed by atoms with Crippen LogP contribution in [0.25, 0.3) is 0 Å². The van der Waals surface area contributed by atoms with Crippen LogP contribution in [0.1, 0.15) is 10.4 Å². The van der Waals surface area contributed by atoms with E-state index in [1.807, 2.05) is 22.6 Å². The Bertz CT molecular complexity index is 850. The molecule has 0 heterocycles. The van der Waals surface area contributed by atoms with Gasteiger partial charge >= 0.3 is 0 Å². The summed E-state index contributed by atoms with van der Waals surface area (Å²) in [6, 6.07) is 10.7. The molecule has 0 fully saturated rings. The van der Waals surface area contributed by atoms with E-state index < -0.39 is 15.9 Å². The normalized spacial score (nSPS) is 11.5. The second kappa shape index (κ2) is 6.85. The van der Waals surface area contributed by atoms with Crippen LogP contribution in [0, 0.1) is 3.57 Å². The Morgan fingerprint density at radius 2 is 1.83 bits per heavy atom. The van der Waals surface area contributed by atoms with Gasteiger partial charge in [-0.05, 0) is 52.9 Å². The van der Waals surface area contributed by atoms with Crippen LogP contribution in [-0.2, 0) is 10.0 Å². The Kier molecular flexibility index (Phi) is 5.27. The molecule has 122 valence electrons. The van der Waals surface area contributed by atoms with Crippen molar-refractivity contribution in [2.45, 2.75) is 4.90 Å². The van der Waals surface area contributed by atoms with Crippen LogP contribution in [0.2, 0.25) is 0 Å². The molecule has 0 bridgehead atoms. The molecule has 2 N–H and O–H groups in total. The first-order valence-electron chi connectivity index (χ1n) is 6.55. The van der Waals surface area contributed by atoms with Crippen LogP contribution in [0.4, 0.5) is 5.69 Å². The third-order valence-electron chi connectivity index (χ3n) is 3.11. The van der Waals surface area contributed by atoms with E-state index in [2.05, 4.69) is 5.32 Å². The van der Waals surface area contributed by atoms with E-state index in [0.29, 0.717) is 3.57 Å². The Hall–Kier alpha value is -1.65. The minimum Gasteiger partial charge on any atom is -0.506 e. The van der Waals surface area contributed by atoms with Crippen molar-refractivity contribution in [3.63, 3.8) is 0 Å². The molecule has 23 heavy (non-hydrogen) atoms. The first kappa shape index (κ1) is 17.7. The summed E-state index contributed by atoms with van der Waals surface area (Å²) in [7, 11) is -0.779. The number of rotatable bonds is 4. The van der Waals surface area contributed by atoms with Gasteiger partial charge in [0.2, 0.25) is 10.0 Å². The highest BCUT2D eigenvalue weighted by Gasteiger charge is 2.21. The summed E-state index contributed by atoms with van der Waals surface area (Å²) in [4.78, 5) is 12.4. The lowest BCUT2D eigenvalue weighted by molar-refractivity contribution is 0.102. The monoisotopic (exact) mass is 446 g/mol. The molecule has 1 amide bonds. The molecule has 0 aromatic heterocycles. The summed E-state index contributed by atoms with van der Waals surface area (Å²) in [5, 5.41) is 12.3. The van der Waals surface area contributed by atoms with Crippen molar-refractivity contribution < 1.29 is 18.3 Å². The predicted molar refractivity (Wildman–Crippen MR) is 96.1 cm³/mol. The maximum Gasteiger partial charge on any atom is 0.256 e. The van der Waals surface area contributed by atoms with E-state index in [1.54, 1.807) is 24.3 Å². The van der Waals surface area contributed by atoms with Crippen LogP contribution in [0.5, 0.6) is 5.75 Å². The van der Waals surface area contributed by atoms with Crippen LogP contribution in [-0.4, -0.2) is 37.8 Å². The molecule has 0 radical (unpaired) electrons. The SMILES string of the molecule is CN(C)S(=O)(=O)c1ccc(I)c(C(=O)Nc2ccccc2O)c1. The number of hydrogen-bond acceptors (Lipinski definition) is 4. The first-order valence-corrected chi connectivity index (χ1v) is 9.07. The summed E-state index contributed by atoms with van der Waals surface area (Å²) in [5.74, 6) is -0.556. The Labute approximate surface area is 148 Å². The largest absolute Gasteiger partial charge is 0.506 e. The van der Waals surface area contributed by atoms with E-state index in [-0.39, 0.29) is 21.9 Å². The van der Waals surface area contributed by atoms with Crippen molar-refractivity contribution in [1.82, 2.24) is 4.31 Å². The Morgan fingerprint density at radius 1 is 1.17 bits per heavy atom. The van der Waals surface area contributed by atoms with Gasteiger partial charge < -0.3 is 10.4 Å². The topological polar surface area (TPSA) is 86.7 Å². The number of aromatic hydroxyl groups is 1. The number of sulfonamides is 1. The zero-order valence-electron chi connectivity index (χ0n) is 12.4. The predicted octanol–water partition coefficient (Wildman–Crippen LogP) is 2.50. The zero-order chi connectivity index (χ0) is 17.2. The van der Waals surface area contributed by atoms with Gasteiger partial charge in [-0.2, -0.15) is 0 Å². The first-order chi connectivity index (χ1) is 10.7. The van der Waals surface area contributed by atoms with Gasteiger partial charge in [0.25, 0.3) is 5.91 Å². The van der Waals surface area contributed by atoms with Gasteiger partial charge in [-0.1, -0.05) is 12.1 Å². The molecule has 2 rings (SSSR count). The van der Waals surface area contributed by atoms with Crippen LogP contribution >= 0.6 is 22.6 Å². The number of phenols is 1. The van der Waals surface area contributed by atoms with E-state index in [0.717, 1.165) is 4.31 Å². The number of nitrogens with one attached hydrogen (secondary N) is 1. The molecule has 0 atom stereocenters. The number of carbonyl (C=O) groups is 1. The second-order valence-electron chi connectivity index (χ2n) is 4.90. The van der Waals surface area contributed by atoms with Gasteiger partial charge in [0.15, 0.2) is 0 Å². The molecular weight excluding hydrogens is 431 g/mol. The number of nitrogens with zero attached hydrogens (tertiary/aromatic N) is 1. The summed E-state index contributed by atoms with van der Waals surface area (Å²) in [5.41, 5.74) is 0.478. The van der Waals surface area contributed by atoms with E-state index in [1.165, 1.54) is 32.3 Å². The van der Waals surface area contributed by atoms with Crippen LogP contribution in [0.3, 0.4) is 0 Å². The van der Waals surface area contributed by atoms with Crippen LogP contribution < -0.4 is 5.32 Å². The average molecular weight is 446 g/mol. The lowest BCUT2D eigenvalue weighted by atomic mass is 10.2. The number of halogens is 1. The van der Waals surface area contributed by atoms with Crippen molar-refractivity contribution in [2.75, 3.05) is 19.4 Å². The highest BCUT2D eigenvalue weighted by molar-refractivity contribution is 14.1. The molecule has 0 spiro atoms. The smallest absolute Gasteiger partial charge is 0.256 e. The standard InChI is InChI=1S/C15H15IN2O4S/c1-18(2)23(21,22)10-7-8-12(16)11(9-10)15(20)17-13-5-3-4-6-14(13)19/h3-9,19H,1-2H3,(H,17,20). The summed E-state index contributed by atoms with van der Waals surface area (Å²) in [6.45, 7) is 0. The minimum absolute atomic E-state index is 0.0327. The number of amides is 1. The number of hydrogen-bond donors (Lipinski definition) is 2. The zero-order valence-corrected chi connectivity index (χ0v) is 15.4. The Morgan fingerprint density at radius 3 is 2.43 bits per heavy atom. The number of para-hydroxylation sites is 2. The molecule has 2 aromatic rings. The molecule has 2 aromatic carbocycles. The summed E-state index contributed by atoms with van der Waals surface area (Å²) in [6.07, 6.45) is 0. The molecule has 6 nitrogen and oxygen atoms in total. The van der Waals surface area contributed by atoms with E-state index >= 15 is 0 Å². The fourth-order valence-electron chi connectivity index (χ4n) is 1.82. The summed E-state index contributed by atoms with van der Waals surface area (Å²) >= 11 is 1.96. The molecule has 0 aliphatic carbocycles. The minimum atomic E-state index is -3.63. The highest BCUT2D eigenvalue weighted by Crippen LogP contribution is 2.24. The van der Waals surface area contributed by atoms with Crippen molar-refractivity contribution in [2.24, 2.45) is 0 Å². The number of carbonyl (C=O) groups excluding carboxylic acids is 1. The fraction of sp³-hybridized carbons (Fsp3) is 0.133. The third-order valence-corrected chi connectivity index (χ3v) is 5.87. The highest BCUT2D eigenvalue weighted by atomic mass is 127. The lowest BCUT2D eigenvalue weighted by Gasteiger charge is -2.13. The van der Waals surface area contributed by atoms with Gasteiger partial charge in [0.1, 0.15) is 5.75 Å². The van der Waals surface area contributed by atoms with Gasteiger partial charge in [-0.25, -0.2) is 12.7 Å². The number of benzene rings is 2. The van der Waals surface area contributed by atoms with Crippen molar-refractivity contribution in [3.05, 3.63) is 51.6 Å². The molecule has 0 aliphatic rings. The van der Waals surface area contributed by atoms with Gasteiger partial charge in [-0.3, -0.25) is 4.79 Å². The quantitative estimate of drug-likeness (QED) is 0.559. The maximum atomic E-state index is 12.4. The molecule has 0 unspecified atom stereocenters. The third kappa shape index (κ3) is 3.82.